The minimum Gasteiger partial charge on any atom is -0.356 e. The van der Waals surface area contributed by atoms with Crippen LogP contribution in [0.4, 0.5) is 19.0 Å². The molecule has 1 aliphatic rings. The van der Waals surface area contributed by atoms with Gasteiger partial charge in [0.25, 0.3) is 0 Å². The van der Waals surface area contributed by atoms with E-state index in [1.165, 1.54) is 5.56 Å². The van der Waals surface area contributed by atoms with E-state index < -0.39 is 12.0 Å². The van der Waals surface area contributed by atoms with Crippen molar-refractivity contribution < 1.29 is 13.2 Å². The Kier molecular flexibility index (Phi) is 4.71. The topological polar surface area (TPSA) is 57.7 Å². The van der Waals surface area contributed by atoms with Gasteiger partial charge in [-0.05, 0) is 38.7 Å². The highest BCUT2D eigenvalue weighted by molar-refractivity contribution is 5.49. The lowest BCUT2D eigenvalue weighted by Crippen LogP contribution is -2.36. The van der Waals surface area contributed by atoms with E-state index in [2.05, 4.69) is 27.1 Å². The van der Waals surface area contributed by atoms with Gasteiger partial charge in [0.1, 0.15) is 5.82 Å². The summed E-state index contributed by atoms with van der Waals surface area (Å²) in [4.78, 5) is 9.42. The predicted octanol–water partition coefficient (Wildman–Crippen LogP) is 3.78. The summed E-state index contributed by atoms with van der Waals surface area (Å²) >= 11 is 0. The molecule has 3 heterocycles. The molecule has 1 aliphatic heterocycles. The highest BCUT2D eigenvalue weighted by atomic mass is 19.4. The Morgan fingerprint density at radius 2 is 2.04 bits per heavy atom. The quantitative estimate of drug-likeness (QED) is 0.912. The van der Waals surface area contributed by atoms with E-state index in [0.717, 1.165) is 25.0 Å². The number of aromatic nitrogens is 4. The third kappa shape index (κ3) is 3.48. The number of anilines is 1. The van der Waals surface area contributed by atoms with Gasteiger partial charge in [0.15, 0.2) is 0 Å². The van der Waals surface area contributed by atoms with Gasteiger partial charge in [-0.2, -0.15) is 18.3 Å². The van der Waals surface area contributed by atoms with Crippen LogP contribution in [0.1, 0.15) is 54.0 Å². The van der Waals surface area contributed by atoms with E-state index >= 15 is 0 Å². The molecule has 2 aromatic rings. The number of nitrogens with one attached hydrogen (secondary N) is 1. The number of H-pyrrole nitrogens is 1. The van der Waals surface area contributed by atoms with Crippen LogP contribution < -0.4 is 4.90 Å². The van der Waals surface area contributed by atoms with E-state index in [9.17, 15) is 13.2 Å². The number of aryl methyl sites for hydroxylation is 2. The normalized spacial score (nSPS) is 18.6. The summed E-state index contributed by atoms with van der Waals surface area (Å²) in [5, 5.41) is 7.20. The van der Waals surface area contributed by atoms with Crippen LogP contribution in [0.2, 0.25) is 0 Å². The molecule has 0 bridgehead atoms. The monoisotopic (exact) mass is 353 g/mol. The zero-order chi connectivity index (χ0) is 18.2. The second kappa shape index (κ2) is 6.65. The van der Waals surface area contributed by atoms with Crippen LogP contribution in [0.3, 0.4) is 0 Å². The zero-order valence-electron chi connectivity index (χ0n) is 14.6. The third-order valence-electron chi connectivity index (χ3n) is 4.88. The maximum Gasteiger partial charge on any atom is 0.451 e. The molecule has 0 amide bonds. The van der Waals surface area contributed by atoms with Crippen molar-refractivity contribution in [3.63, 3.8) is 0 Å². The first-order valence-corrected chi connectivity index (χ1v) is 8.50. The second-order valence-corrected chi connectivity index (χ2v) is 6.53. The van der Waals surface area contributed by atoms with Gasteiger partial charge in [-0.3, -0.25) is 5.10 Å². The van der Waals surface area contributed by atoms with E-state index in [4.69, 9.17) is 0 Å². The fraction of sp³-hybridized carbons (Fsp3) is 0.588. The Balaban J connectivity index is 1.92. The van der Waals surface area contributed by atoms with Gasteiger partial charge in [0.05, 0.1) is 6.20 Å². The van der Waals surface area contributed by atoms with Gasteiger partial charge in [0.2, 0.25) is 5.82 Å². The van der Waals surface area contributed by atoms with Crippen molar-refractivity contribution in [3.05, 3.63) is 34.5 Å². The first-order chi connectivity index (χ1) is 11.8. The summed E-state index contributed by atoms with van der Waals surface area (Å²) in [7, 11) is 0. The van der Waals surface area contributed by atoms with Crippen molar-refractivity contribution in [1.29, 1.82) is 0 Å². The standard InChI is InChI=1S/C17H22F3N5/c1-4-12-8-21-24-14(12)13-6-5-7-25(9-13)15-10(2)11(3)22-16(23-15)17(18,19)20/h8,13H,4-7,9H2,1-3H3,(H,21,24)/t13-/m1/s1. The largest absolute Gasteiger partial charge is 0.451 e. The molecule has 5 nitrogen and oxygen atoms in total. The molecule has 0 aliphatic carbocycles. The highest BCUT2D eigenvalue weighted by Gasteiger charge is 2.36. The minimum absolute atomic E-state index is 0.218. The van der Waals surface area contributed by atoms with Gasteiger partial charge in [-0.1, -0.05) is 6.92 Å². The molecule has 0 aromatic carbocycles. The predicted molar refractivity (Wildman–Crippen MR) is 88.7 cm³/mol. The number of rotatable bonds is 3. The van der Waals surface area contributed by atoms with E-state index in [0.29, 0.717) is 30.2 Å². The van der Waals surface area contributed by atoms with Gasteiger partial charge >= 0.3 is 6.18 Å². The Morgan fingerprint density at radius 3 is 2.72 bits per heavy atom. The molecular weight excluding hydrogens is 331 g/mol. The van der Waals surface area contributed by atoms with Gasteiger partial charge in [0, 0.05) is 36.0 Å². The molecule has 8 heteroatoms. The lowest BCUT2D eigenvalue weighted by atomic mass is 9.92. The van der Waals surface area contributed by atoms with Crippen LogP contribution in [0.5, 0.6) is 0 Å². The van der Waals surface area contributed by atoms with E-state index in [1.54, 1.807) is 13.8 Å². The molecule has 25 heavy (non-hydrogen) atoms. The summed E-state index contributed by atoms with van der Waals surface area (Å²) in [5.74, 6) is -0.458. The molecule has 1 N–H and O–H groups in total. The van der Waals surface area contributed by atoms with Crippen LogP contribution in [-0.2, 0) is 12.6 Å². The molecule has 1 saturated heterocycles. The number of hydrogen-bond acceptors (Lipinski definition) is 4. The molecule has 3 rings (SSSR count). The van der Waals surface area contributed by atoms with Crippen molar-refractivity contribution in [2.45, 2.75) is 52.1 Å². The zero-order valence-corrected chi connectivity index (χ0v) is 14.6. The van der Waals surface area contributed by atoms with Gasteiger partial charge in [-0.25, -0.2) is 9.97 Å². The van der Waals surface area contributed by atoms with Gasteiger partial charge in [-0.15, -0.1) is 0 Å². The first kappa shape index (κ1) is 17.7. The second-order valence-electron chi connectivity index (χ2n) is 6.53. The maximum atomic E-state index is 13.1. The number of piperidine rings is 1. The van der Waals surface area contributed by atoms with Crippen molar-refractivity contribution in [2.75, 3.05) is 18.0 Å². The minimum atomic E-state index is -4.54. The smallest absolute Gasteiger partial charge is 0.356 e. The molecule has 2 aromatic heterocycles. The molecular formula is C17H22F3N5. The number of nitrogens with zero attached hydrogens (tertiary/aromatic N) is 4. The molecule has 0 unspecified atom stereocenters. The van der Waals surface area contributed by atoms with Crippen molar-refractivity contribution >= 4 is 5.82 Å². The fourth-order valence-electron chi connectivity index (χ4n) is 3.41. The van der Waals surface area contributed by atoms with Crippen molar-refractivity contribution in [3.8, 4) is 0 Å². The fourth-order valence-corrected chi connectivity index (χ4v) is 3.41. The average Bonchev–Trinajstić information content (AvgIpc) is 3.05. The van der Waals surface area contributed by atoms with Crippen LogP contribution in [0.15, 0.2) is 6.20 Å². The maximum absolute atomic E-state index is 13.1. The van der Waals surface area contributed by atoms with Crippen molar-refractivity contribution in [2.24, 2.45) is 0 Å². The van der Waals surface area contributed by atoms with E-state index in [-0.39, 0.29) is 5.92 Å². The van der Waals surface area contributed by atoms with Gasteiger partial charge < -0.3 is 4.90 Å². The van der Waals surface area contributed by atoms with Crippen LogP contribution in [-0.4, -0.2) is 33.3 Å². The summed E-state index contributed by atoms with van der Waals surface area (Å²) in [6, 6.07) is 0. The molecule has 0 saturated carbocycles. The van der Waals surface area contributed by atoms with Crippen LogP contribution >= 0.6 is 0 Å². The highest BCUT2D eigenvalue weighted by Crippen LogP contribution is 2.34. The Bertz CT molecular complexity index is 753. The molecule has 1 fully saturated rings. The lowest BCUT2D eigenvalue weighted by Gasteiger charge is -2.34. The average molecular weight is 353 g/mol. The lowest BCUT2D eigenvalue weighted by molar-refractivity contribution is -0.145. The van der Waals surface area contributed by atoms with Crippen LogP contribution in [0.25, 0.3) is 0 Å². The first-order valence-electron chi connectivity index (χ1n) is 8.50. The summed E-state index contributed by atoms with van der Waals surface area (Å²) in [6.07, 6.45) is 0.0566. The van der Waals surface area contributed by atoms with Crippen LogP contribution in [0, 0.1) is 13.8 Å². The summed E-state index contributed by atoms with van der Waals surface area (Å²) in [6.45, 7) is 6.77. The molecule has 0 radical (unpaired) electrons. The summed E-state index contributed by atoms with van der Waals surface area (Å²) < 4.78 is 39.3. The Labute approximate surface area is 144 Å². The molecule has 0 spiro atoms. The number of halogens is 3. The van der Waals surface area contributed by atoms with E-state index in [1.807, 2.05) is 11.1 Å². The van der Waals surface area contributed by atoms with Crippen molar-refractivity contribution in [1.82, 2.24) is 20.2 Å². The number of alkyl halides is 3. The Morgan fingerprint density at radius 1 is 1.28 bits per heavy atom. The molecule has 136 valence electrons. The molecule has 1 atom stereocenters. The summed E-state index contributed by atoms with van der Waals surface area (Å²) in [5.41, 5.74) is 3.33. The Hall–Kier alpha value is -2.12. The SMILES string of the molecule is CCc1cn[nH]c1[C@@H]1CCCN(c2nc(C(F)(F)F)nc(C)c2C)C1. The number of aromatic amines is 1. The number of hydrogen-bond donors (Lipinski definition) is 1. The third-order valence-corrected chi connectivity index (χ3v) is 4.88.